The predicted molar refractivity (Wildman–Crippen MR) is 108 cm³/mol. The van der Waals surface area contributed by atoms with Crippen LogP contribution < -0.4 is 15.8 Å². The monoisotopic (exact) mass is 443 g/mol. The molecule has 0 spiro atoms. The molecule has 1 aromatic heterocycles. The van der Waals surface area contributed by atoms with Crippen molar-refractivity contribution in [1.82, 2.24) is 14.9 Å². The first-order chi connectivity index (χ1) is 11.2. The molecule has 0 amide bonds. The molecule has 7 heteroatoms. The number of hydrogen-bond donors (Lipinski definition) is 2. The van der Waals surface area contributed by atoms with Gasteiger partial charge in [-0.05, 0) is 25.0 Å². The molecule has 1 saturated carbocycles. The van der Waals surface area contributed by atoms with Crippen molar-refractivity contribution in [3.63, 3.8) is 0 Å². The normalized spacial score (nSPS) is 16.0. The van der Waals surface area contributed by atoms with Crippen LogP contribution in [0, 0.1) is 0 Å². The number of nitrogens with zero attached hydrogens (tertiary/aromatic N) is 3. The summed E-state index contributed by atoms with van der Waals surface area (Å²) in [6.07, 6.45) is 6.25. The van der Waals surface area contributed by atoms with Crippen LogP contribution in [0.2, 0.25) is 0 Å². The lowest BCUT2D eigenvalue weighted by Crippen LogP contribution is -2.41. The SMILES string of the molecule is COc1ccc2c(c1)nc(CN=C(N)NC1CCCCC1)n2C.I. The van der Waals surface area contributed by atoms with E-state index in [0.717, 1.165) is 22.6 Å². The molecule has 1 aliphatic rings. The second-order valence-corrected chi connectivity index (χ2v) is 6.12. The van der Waals surface area contributed by atoms with E-state index in [-0.39, 0.29) is 24.0 Å². The van der Waals surface area contributed by atoms with Gasteiger partial charge in [-0.25, -0.2) is 9.98 Å². The van der Waals surface area contributed by atoms with E-state index in [1.165, 1.54) is 32.1 Å². The minimum absolute atomic E-state index is 0. The maximum absolute atomic E-state index is 6.02. The molecule has 0 atom stereocenters. The molecule has 24 heavy (non-hydrogen) atoms. The van der Waals surface area contributed by atoms with Gasteiger partial charge in [0.25, 0.3) is 0 Å². The minimum Gasteiger partial charge on any atom is -0.497 e. The number of aliphatic imine (C=N–C) groups is 1. The number of methoxy groups -OCH3 is 1. The van der Waals surface area contributed by atoms with Crippen LogP contribution in [0.1, 0.15) is 37.9 Å². The van der Waals surface area contributed by atoms with E-state index in [0.29, 0.717) is 18.5 Å². The van der Waals surface area contributed by atoms with Gasteiger partial charge >= 0.3 is 0 Å². The van der Waals surface area contributed by atoms with Crippen LogP contribution in [0.15, 0.2) is 23.2 Å². The summed E-state index contributed by atoms with van der Waals surface area (Å²) in [4.78, 5) is 9.09. The Balaban J connectivity index is 0.00000208. The maximum Gasteiger partial charge on any atom is 0.189 e. The molecule has 1 heterocycles. The van der Waals surface area contributed by atoms with Crippen LogP contribution in [-0.2, 0) is 13.6 Å². The van der Waals surface area contributed by atoms with Gasteiger partial charge in [0.1, 0.15) is 18.1 Å². The van der Waals surface area contributed by atoms with Crippen LogP contribution in [-0.4, -0.2) is 28.7 Å². The standard InChI is InChI=1S/C17H25N5O.HI/c1-22-15-9-8-13(23-2)10-14(15)21-16(22)11-19-17(18)20-12-6-4-3-5-7-12;/h8-10,12H,3-7,11H2,1-2H3,(H3,18,19,20);1H. The van der Waals surface area contributed by atoms with Gasteiger partial charge in [0, 0.05) is 19.2 Å². The smallest absolute Gasteiger partial charge is 0.189 e. The van der Waals surface area contributed by atoms with Crippen LogP contribution in [0.3, 0.4) is 0 Å². The van der Waals surface area contributed by atoms with Crippen molar-refractivity contribution < 1.29 is 4.74 Å². The lowest BCUT2D eigenvalue weighted by molar-refractivity contribution is 0.412. The Morgan fingerprint density at radius 2 is 2.12 bits per heavy atom. The van der Waals surface area contributed by atoms with Gasteiger partial charge < -0.3 is 20.4 Å². The van der Waals surface area contributed by atoms with Gasteiger partial charge in [-0.1, -0.05) is 19.3 Å². The fourth-order valence-electron chi connectivity index (χ4n) is 3.16. The van der Waals surface area contributed by atoms with E-state index in [2.05, 4.69) is 15.3 Å². The first-order valence-corrected chi connectivity index (χ1v) is 8.23. The first-order valence-electron chi connectivity index (χ1n) is 8.23. The third-order valence-corrected chi connectivity index (χ3v) is 4.53. The Morgan fingerprint density at radius 3 is 2.83 bits per heavy atom. The van der Waals surface area contributed by atoms with E-state index in [1.807, 2.05) is 29.8 Å². The van der Waals surface area contributed by atoms with Gasteiger partial charge in [-0.15, -0.1) is 24.0 Å². The highest BCUT2D eigenvalue weighted by Crippen LogP contribution is 2.21. The molecule has 132 valence electrons. The third kappa shape index (κ3) is 4.31. The van der Waals surface area contributed by atoms with Crippen molar-refractivity contribution in [2.45, 2.75) is 44.7 Å². The number of fused-ring (bicyclic) bond motifs is 1. The molecule has 6 nitrogen and oxygen atoms in total. The number of benzene rings is 1. The van der Waals surface area contributed by atoms with E-state index < -0.39 is 0 Å². The number of aromatic nitrogens is 2. The highest BCUT2D eigenvalue weighted by molar-refractivity contribution is 14.0. The fourth-order valence-corrected chi connectivity index (χ4v) is 3.16. The van der Waals surface area contributed by atoms with Crippen molar-refractivity contribution in [2.24, 2.45) is 17.8 Å². The van der Waals surface area contributed by atoms with E-state index >= 15 is 0 Å². The number of rotatable bonds is 4. The molecule has 3 N–H and O–H groups in total. The van der Waals surface area contributed by atoms with Crippen molar-refractivity contribution >= 4 is 41.0 Å². The van der Waals surface area contributed by atoms with Gasteiger partial charge in [0.15, 0.2) is 5.96 Å². The molecular weight excluding hydrogens is 417 g/mol. The number of imidazole rings is 1. The summed E-state index contributed by atoms with van der Waals surface area (Å²) in [6, 6.07) is 6.36. The molecule has 0 unspecified atom stereocenters. The molecule has 1 fully saturated rings. The number of halogens is 1. The molecule has 0 aliphatic heterocycles. The molecule has 2 aromatic rings. The van der Waals surface area contributed by atoms with Gasteiger partial charge in [0.05, 0.1) is 18.1 Å². The number of nitrogens with two attached hydrogens (primary N) is 1. The zero-order chi connectivity index (χ0) is 16.2. The zero-order valence-corrected chi connectivity index (χ0v) is 16.6. The van der Waals surface area contributed by atoms with Gasteiger partial charge in [-0.2, -0.15) is 0 Å². The van der Waals surface area contributed by atoms with Gasteiger partial charge in [0.2, 0.25) is 0 Å². The van der Waals surface area contributed by atoms with Crippen molar-refractivity contribution in [3.05, 3.63) is 24.0 Å². The molecule has 0 bridgehead atoms. The average Bonchev–Trinajstić information content (AvgIpc) is 2.89. The largest absolute Gasteiger partial charge is 0.497 e. The summed E-state index contributed by atoms with van der Waals surface area (Å²) in [6.45, 7) is 0.471. The maximum atomic E-state index is 6.02. The van der Waals surface area contributed by atoms with Crippen LogP contribution >= 0.6 is 24.0 Å². The summed E-state index contributed by atoms with van der Waals surface area (Å²) >= 11 is 0. The second-order valence-electron chi connectivity index (χ2n) is 6.12. The third-order valence-electron chi connectivity index (χ3n) is 4.53. The van der Waals surface area contributed by atoms with Crippen LogP contribution in [0.25, 0.3) is 11.0 Å². The summed E-state index contributed by atoms with van der Waals surface area (Å²) in [7, 11) is 3.66. The quantitative estimate of drug-likeness (QED) is 0.433. The molecule has 1 aromatic carbocycles. The lowest BCUT2D eigenvalue weighted by Gasteiger charge is -2.23. The van der Waals surface area contributed by atoms with E-state index in [4.69, 9.17) is 10.5 Å². The Bertz CT molecular complexity index is 706. The molecular formula is C17H26IN5O. The zero-order valence-electron chi connectivity index (χ0n) is 14.3. The fraction of sp³-hybridized carbons (Fsp3) is 0.529. The Hall–Kier alpha value is -1.51. The van der Waals surface area contributed by atoms with Crippen molar-refractivity contribution in [1.29, 1.82) is 0 Å². The highest BCUT2D eigenvalue weighted by Gasteiger charge is 2.13. The lowest BCUT2D eigenvalue weighted by atomic mass is 9.96. The molecule has 1 aliphatic carbocycles. The predicted octanol–water partition coefficient (Wildman–Crippen LogP) is 2.94. The van der Waals surface area contributed by atoms with Crippen molar-refractivity contribution in [3.8, 4) is 5.75 Å². The highest BCUT2D eigenvalue weighted by atomic mass is 127. The molecule has 3 rings (SSSR count). The number of aryl methyl sites for hydroxylation is 1. The Morgan fingerprint density at radius 1 is 1.38 bits per heavy atom. The summed E-state index contributed by atoms with van der Waals surface area (Å²) in [5.41, 5.74) is 8.00. The Kier molecular flexibility index (Phi) is 6.70. The molecule has 0 saturated heterocycles. The number of ether oxygens (including phenoxy) is 1. The minimum atomic E-state index is 0. The summed E-state index contributed by atoms with van der Waals surface area (Å²) in [5, 5.41) is 3.33. The van der Waals surface area contributed by atoms with E-state index in [9.17, 15) is 0 Å². The number of hydrogen-bond acceptors (Lipinski definition) is 3. The first kappa shape index (κ1) is 18.8. The second kappa shape index (κ2) is 8.55. The average molecular weight is 443 g/mol. The molecule has 0 radical (unpaired) electrons. The van der Waals surface area contributed by atoms with Crippen molar-refractivity contribution in [2.75, 3.05) is 7.11 Å². The van der Waals surface area contributed by atoms with Crippen LogP contribution in [0.5, 0.6) is 5.75 Å². The topological polar surface area (TPSA) is 77.5 Å². The van der Waals surface area contributed by atoms with E-state index in [1.54, 1.807) is 7.11 Å². The summed E-state index contributed by atoms with van der Waals surface area (Å²) < 4.78 is 7.30. The summed E-state index contributed by atoms with van der Waals surface area (Å²) in [5.74, 6) is 2.22. The van der Waals surface area contributed by atoms with Gasteiger partial charge in [-0.3, -0.25) is 0 Å². The Labute approximate surface area is 159 Å². The number of guanidine groups is 1. The van der Waals surface area contributed by atoms with Crippen LogP contribution in [0.4, 0.5) is 0 Å². The number of nitrogens with one attached hydrogen (secondary N) is 1.